The Labute approximate surface area is 135 Å². The van der Waals surface area contributed by atoms with Crippen LogP contribution in [0.15, 0.2) is 53.1 Å². The maximum atomic E-state index is 12.2. The highest BCUT2D eigenvalue weighted by molar-refractivity contribution is 9.10. The summed E-state index contributed by atoms with van der Waals surface area (Å²) in [6.45, 7) is 0. The van der Waals surface area contributed by atoms with Crippen molar-refractivity contribution in [2.75, 3.05) is 5.32 Å². The number of aromatic amines is 1. The SMILES string of the molecule is O=C(Cc1c[nH]c2ccccc12)Nc1cc(Br)ccc1Cl. The fourth-order valence-corrected chi connectivity index (χ4v) is 2.76. The molecule has 2 aromatic carbocycles. The molecule has 0 radical (unpaired) electrons. The quantitative estimate of drug-likeness (QED) is 0.692. The number of carbonyl (C=O) groups is 1. The molecule has 0 bridgehead atoms. The van der Waals surface area contributed by atoms with Crippen molar-refractivity contribution < 1.29 is 4.79 Å². The number of halogens is 2. The molecule has 0 fully saturated rings. The van der Waals surface area contributed by atoms with Gasteiger partial charge in [0.25, 0.3) is 0 Å². The van der Waals surface area contributed by atoms with Gasteiger partial charge in [-0.25, -0.2) is 0 Å². The molecule has 106 valence electrons. The smallest absolute Gasteiger partial charge is 0.228 e. The third-order valence-electron chi connectivity index (χ3n) is 3.23. The average molecular weight is 364 g/mol. The van der Waals surface area contributed by atoms with Crippen molar-refractivity contribution in [1.29, 1.82) is 0 Å². The van der Waals surface area contributed by atoms with Crippen LogP contribution in [0.3, 0.4) is 0 Å². The lowest BCUT2D eigenvalue weighted by Gasteiger charge is -2.07. The normalized spacial score (nSPS) is 10.8. The molecule has 0 saturated heterocycles. The van der Waals surface area contributed by atoms with Crippen LogP contribution in [0.25, 0.3) is 10.9 Å². The number of carbonyl (C=O) groups excluding carboxylic acids is 1. The van der Waals surface area contributed by atoms with Crippen molar-refractivity contribution in [2.45, 2.75) is 6.42 Å². The second kappa shape index (κ2) is 5.92. The van der Waals surface area contributed by atoms with Crippen LogP contribution in [0.5, 0.6) is 0 Å². The number of hydrogen-bond acceptors (Lipinski definition) is 1. The van der Waals surface area contributed by atoms with Crippen LogP contribution in [0.1, 0.15) is 5.56 Å². The lowest BCUT2D eigenvalue weighted by Crippen LogP contribution is -2.14. The van der Waals surface area contributed by atoms with E-state index in [4.69, 9.17) is 11.6 Å². The summed E-state index contributed by atoms with van der Waals surface area (Å²) in [5.41, 5.74) is 2.60. The lowest BCUT2D eigenvalue weighted by atomic mass is 10.1. The molecule has 1 heterocycles. The van der Waals surface area contributed by atoms with Crippen molar-refractivity contribution in [3.8, 4) is 0 Å². The average Bonchev–Trinajstić information content (AvgIpc) is 2.86. The van der Waals surface area contributed by atoms with E-state index in [1.54, 1.807) is 12.1 Å². The van der Waals surface area contributed by atoms with Crippen LogP contribution in [-0.4, -0.2) is 10.9 Å². The van der Waals surface area contributed by atoms with E-state index in [0.29, 0.717) is 17.1 Å². The Morgan fingerprint density at radius 3 is 2.90 bits per heavy atom. The van der Waals surface area contributed by atoms with Crippen molar-refractivity contribution in [3.05, 3.63) is 63.7 Å². The molecule has 0 atom stereocenters. The first-order chi connectivity index (χ1) is 10.1. The van der Waals surface area contributed by atoms with Crippen molar-refractivity contribution in [2.24, 2.45) is 0 Å². The minimum atomic E-state index is -0.0975. The van der Waals surface area contributed by atoms with Crippen molar-refractivity contribution in [1.82, 2.24) is 4.98 Å². The van der Waals surface area contributed by atoms with Gasteiger partial charge >= 0.3 is 0 Å². The van der Waals surface area contributed by atoms with Gasteiger partial charge in [0.2, 0.25) is 5.91 Å². The molecule has 0 saturated carbocycles. The molecule has 0 spiro atoms. The van der Waals surface area contributed by atoms with Gasteiger partial charge in [-0.3, -0.25) is 4.79 Å². The number of amides is 1. The highest BCUT2D eigenvalue weighted by atomic mass is 79.9. The maximum Gasteiger partial charge on any atom is 0.228 e. The number of para-hydroxylation sites is 1. The van der Waals surface area contributed by atoms with Crippen LogP contribution in [0.2, 0.25) is 5.02 Å². The van der Waals surface area contributed by atoms with Crippen molar-refractivity contribution in [3.63, 3.8) is 0 Å². The topological polar surface area (TPSA) is 44.9 Å². The predicted molar refractivity (Wildman–Crippen MR) is 89.8 cm³/mol. The summed E-state index contributed by atoms with van der Waals surface area (Å²) < 4.78 is 0.870. The molecule has 3 nitrogen and oxygen atoms in total. The van der Waals surface area contributed by atoms with Gasteiger partial charge in [0, 0.05) is 21.6 Å². The molecular weight excluding hydrogens is 352 g/mol. The standard InChI is InChI=1S/C16H12BrClN2O/c17-11-5-6-13(18)15(8-11)20-16(21)7-10-9-19-14-4-2-1-3-12(10)14/h1-6,8-9,19H,7H2,(H,20,21). The monoisotopic (exact) mass is 362 g/mol. The molecule has 0 aliphatic rings. The molecule has 1 aromatic heterocycles. The van der Waals surface area contributed by atoms with Crippen LogP contribution < -0.4 is 5.32 Å². The van der Waals surface area contributed by atoms with Crippen LogP contribution >= 0.6 is 27.5 Å². The van der Waals surface area contributed by atoms with Gasteiger partial charge < -0.3 is 10.3 Å². The Kier molecular flexibility index (Phi) is 3.99. The van der Waals surface area contributed by atoms with E-state index >= 15 is 0 Å². The summed E-state index contributed by atoms with van der Waals surface area (Å²) in [6.07, 6.45) is 2.17. The van der Waals surface area contributed by atoms with Gasteiger partial charge in [0.1, 0.15) is 0 Å². The second-order valence-corrected chi connectivity index (χ2v) is 6.03. The molecule has 3 aromatic rings. The van der Waals surface area contributed by atoms with E-state index in [1.165, 1.54) is 0 Å². The number of fused-ring (bicyclic) bond motifs is 1. The van der Waals surface area contributed by atoms with Gasteiger partial charge in [0.05, 0.1) is 17.1 Å². The number of rotatable bonds is 3. The Morgan fingerprint density at radius 1 is 1.24 bits per heavy atom. The molecule has 3 rings (SSSR count). The zero-order valence-corrected chi connectivity index (χ0v) is 13.3. The minimum absolute atomic E-state index is 0.0975. The first-order valence-corrected chi connectivity index (χ1v) is 7.60. The summed E-state index contributed by atoms with van der Waals surface area (Å²) in [4.78, 5) is 15.4. The van der Waals surface area contributed by atoms with Gasteiger partial charge in [-0.2, -0.15) is 0 Å². The highest BCUT2D eigenvalue weighted by Crippen LogP contribution is 2.26. The molecule has 0 unspecified atom stereocenters. The molecule has 0 aliphatic carbocycles. The van der Waals surface area contributed by atoms with E-state index in [9.17, 15) is 4.79 Å². The maximum absolute atomic E-state index is 12.2. The van der Waals surface area contributed by atoms with E-state index in [0.717, 1.165) is 20.9 Å². The number of nitrogens with one attached hydrogen (secondary N) is 2. The molecule has 0 aliphatic heterocycles. The third kappa shape index (κ3) is 3.12. The van der Waals surface area contributed by atoms with Crippen LogP contribution in [0.4, 0.5) is 5.69 Å². The first-order valence-electron chi connectivity index (χ1n) is 6.43. The van der Waals surface area contributed by atoms with Crippen molar-refractivity contribution >= 4 is 50.0 Å². The van der Waals surface area contributed by atoms with E-state index in [2.05, 4.69) is 26.2 Å². The first kappa shape index (κ1) is 14.2. The van der Waals surface area contributed by atoms with Gasteiger partial charge in [-0.1, -0.05) is 45.7 Å². The zero-order valence-electron chi connectivity index (χ0n) is 11.0. The number of H-pyrrole nitrogens is 1. The Balaban J connectivity index is 1.79. The molecular formula is C16H12BrClN2O. The predicted octanol–water partition coefficient (Wildman–Crippen LogP) is 4.77. The Morgan fingerprint density at radius 2 is 2.05 bits per heavy atom. The van der Waals surface area contributed by atoms with E-state index in [1.807, 2.05) is 36.5 Å². The Hall–Kier alpha value is -1.78. The summed E-state index contributed by atoms with van der Waals surface area (Å²) in [5, 5.41) is 4.42. The number of anilines is 1. The molecule has 1 amide bonds. The number of benzene rings is 2. The van der Waals surface area contributed by atoms with E-state index in [-0.39, 0.29) is 5.91 Å². The van der Waals surface area contributed by atoms with Gasteiger partial charge in [-0.05, 0) is 29.8 Å². The van der Waals surface area contributed by atoms with E-state index < -0.39 is 0 Å². The fraction of sp³-hybridized carbons (Fsp3) is 0.0625. The van der Waals surface area contributed by atoms with Crippen LogP contribution in [0, 0.1) is 0 Å². The largest absolute Gasteiger partial charge is 0.361 e. The number of hydrogen-bond donors (Lipinski definition) is 2. The summed E-state index contributed by atoms with van der Waals surface area (Å²) in [6, 6.07) is 13.3. The number of aromatic nitrogens is 1. The van der Waals surface area contributed by atoms with Crippen LogP contribution in [-0.2, 0) is 11.2 Å². The minimum Gasteiger partial charge on any atom is -0.361 e. The Bertz CT molecular complexity index is 813. The highest BCUT2D eigenvalue weighted by Gasteiger charge is 2.10. The summed E-state index contributed by atoms with van der Waals surface area (Å²) >= 11 is 9.44. The molecule has 5 heteroatoms. The third-order valence-corrected chi connectivity index (χ3v) is 4.05. The molecule has 21 heavy (non-hydrogen) atoms. The van der Waals surface area contributed by atoms with Gasteiger partial charge in [0.15, 0.2) is 0 Å². The summed E-state index contributed by atoms with van der Waals surface area (Å²) in [7, 11) is 0. The summed E-state index contributed by atoms with van der Waals surface area (Å²) in [5.74, 6) is -0.0975. The molecule has 2 N–H and O–H groups in total. The second-order valence-electron chi connectivity index (χ2n) is 4.71. The fourth-order valence-electron chi connectivity index (χ4n) is 2.24. The zero-order chi connectivity index (χ0) is 14.8. The lowest BCUT2D eigenvalue weighted by molar-refractivity contribution is -0.115. The van der Waals surface area contributed by atoms with Gasteiger partial charge in [-0.15, -0.1) is 0 Å².